The van der Waals surface area contributed by atoms with Gasteiger partial charge in [-0.25, -0.2) is 5.26 Å². The molecule has 1 N–H and O–H groups in total. The van der Waals surface area contributed by atoms with Crippen molar-refractivity contribution in [2.24, 2.45) is 5.41 Å². The van der Waals surface area contributed by atoms with Gasteiger partial charge in [-0.1, -0.05) is 25.5 Å². The van der Waals surface area contributed by atoms with E-state index in [9.17, 15) is 0 Å². The number of hydrogen-bond donors (Lipinski definition) is 1. The standard InChI is InChI=1S/C8H13BN2/c10-7-9-3-1-8(2-4-9)5-11-6-8/h11H,1-6H2. The van der Waals surface area contributed by atoms with Gasteiger partial charge in [0.05, 0.1) is 0 Å². The van der Waals surface area contributed by atoms with Gasteiger partial charge in [-0.15, -0.1) is 0 Å². The highest BCUT2D eigenvalue weighted by atomic mass is 15.0. The average Bonchev–Trinajstić information content (AvgIpc) is 2.02. The molecule has 0 unspecified atom stereocenters. The van der Waals surface area contributed by atoms with E-state index in [4.69, 9.17) is 5.26 Å². The fourth-order valence-electron chi connectivity index (χ4n) is 2.19. The van der Waals surface area contributed by atoms with Gasteiger partial charge in [-0.2, -0.15) is 0 Å². The Morgan fingerprint density at radius 3 is 2.27 bits per heavy atom. The van der Waals surface area contributed by atoms with Crippen LogP contribution in [0.15, 0.2) is 0 Å². The molecule has 2 saturated heterocycles. The molecule has 58 valence electrons. The van der Waals surface area contributed by atoms with Crippen LogP contribution in [0.5, 0.6) is 0 Å². The van der Waals surface area contributed by atoms with E-state index in [1.165, 1.54) is 25.9 Å². The molecule has 0 aliphatic carbocycles. The van der Waals surface area contributed by atoms with Gasteiger partial charge in [0.2, 0.25) is 0 Å². The minimum absolute atomic E-state index is 0.362. The van der Waals surface area contributed by atoms with Gasteiger partial charge in [0.25, 0.3) is 6.71 Å². The molecule has 0 radical (unpaired) electrons. The SMILES string of the molecule is N#CB1CCC2(CC1)CNC2. The predicted octanol–water partition coefficient (Wildman–Crippen LogP) is 0.927. The van der Waals surface area contributed by atoms with Crippen molar-refractivity contribution >= 4 is 6.71 Å². The smallest absolute Gasteiger partial charge is 0.267 e. The number of nitrogens with one attached hydrogen (secondary N) is 1. The summed E-state index contributed by atoms with van der Waals surface area (Å²) in [5.41, 5.74) is 0.618. The van der Waals surface area contributed by atoms with Crippen LogP contribution in [0.4, 0.5) is 0 Å². The lowest BCUT2D eigenvalue weighted by Gasteiger charge is -2.46. The molecule has 3 heteroatoms. The Labute approximate surface area is 68.0 Å². The summed E-state index contributed by atoms with van der Waals surface area (Å²) >= 11 is 0. The maximum atomic E-state index is 8.69. The van der Waals surface area contributed by atoms with Crippen molar-refractivity contribution < 1.29 is 0 Å². The highest BCUT2D eigenvalue weighted by molar-refractivity contribution is 6.67. The molecular formula is C8H13BN2. The van der Waals surface area contributed by atoms with Crippen molar-refractivity contribution in [2.45, 2.75) is 25.5 Å². The first-order chi connectivity index (χ1) is 5.35. The first-order valence-electron chi connectivity index (χ1n) is 4.45. The third kappa shape index (κ3) is 1.16. The van der Waals surface area contributed by atoms with E-state index in [1.54, 1.807) is 0 Å². The number of hydrogen-bond acceptors (Lipinski definition) is 2. The molecule has 0 aromatic rings. The van der Waals surface area contributed by atoms with Crippen LogP contribution in [0.25, 0.3) is 0 Å². The van der Waals surface area contributed by atoms with E-state index in [1.807, 2.05) is 0 Å². The maximum Gasteiger partial charge on any atom is 0.267 e. The summed E-state index contributed by atoms with van der Waals surface area (Å²) in [6.45, 7) is 2.76. The van der Waals surface area contributed by atoms with E-state index in [0.29, 0.717) is 12.1 Å². The third-order valence-electron chi connectivity index (χ3n) is 3.23. The van der Waals surface area contributed by atoms with Crippen LogP contribution < -0.4 is 5.32 Å². The fourth-order valence-corrected chi connectivity index (χ4v) is 2.19. The lowest BCUT2D eigenvalue weighted by molar-refractivity contribution is 0.147. The minimum Gasteiger partial charge on any atom is -0.316 e. The largest absolute Gasteiger partial charge is 0.316 e. The lowest BCUT2D eigenvalue weighted by Crippen LogP contribution is -2.55. The second-order valence-corrected chi connectivity index (χ2v) is 4.01. The summed E-state index contributed by atoms with van der Waals surface area (Å²) in [5.74, 6) is 2.37. The monoisotopic (exact) mass is 148 g/mol. The van der Waals surface area contributed by atoms with Crippen molar-refractivity contribution in [3.63, 3.8) is 0 Å². The Balaban J connectivity index is 1.90. The van der Waals surface area contributed by atoms with Crippen molar-refractivity contribution in [1.29, 1.82) is 5.26 Å². The molecule has 2 nitrogen and oxygen atoms in total. The summed E-state index contributed by atoms with van der Waals surface area (Å²) in [7, 11) is 0. The zero-order chi connectivity index (χ0) is 7.73. The number of rotatable bonds is 0. The third-order valence-corrected chi connectivity index (χ3v) is 3.23. The van der Waals surface area contributed by atoms with Crippen molar-refractivity contribution in [2.75, 3.05) is 13.1 Å². The molecule has 0 amide bonds. The lowest BCUT2D eigenvalue weighted by atomic mass is 9.39. The Morgan fingerprint density at radius 1 is 1.27 bits per heavy atom. The van der Waals surface area contributed by atoms with Crippen LogP contribution in [0, 0.1) is 16.6 Å². The quantitative estimate of drug-likeness (QED) is 0.518. The molecule has 2 rings (SSSR count). The van der Waals surface area contributed by atoms with Crippen LogP contribution in [0.3, 0.4) is 0 Å². The number of nitriles is 1. The summed E-state index contributed by atoms with van der Waals surface area (Å²) in [4.78, 5) is 0. The van der Waals surface area contributed by atoms with Gasteiger partial charge in [-0.3, -0.25) is 0 Å². The Morgan fingerprint density at radius 2 is 1.91 bits per heavy atom. The topological polar surface area (TPSA) is 35.8 Å². The molecule has 2 aliphatic rings. The van der Waals surface area contributed by atoms with Crippen LogP contribution >= 0.6 is 0 Å². The highest BCUT2D eigenvalue weighted by Crippen LogP contribution is 2.39. The minimum atomic E-state index is 0.362. The molecule has 0 aromatic carbocycles. The molecule has 11 heavy (non-hydrogen) atoms. The molecule has 0 saturated carbocycles. The van der Waals surface area contributed by atoms with Gasteiger partial charge in [0, 0.05) is 19.1 Å². The molecule has 2 aliphatic heterocycles. The second-order valence-electron chi connectivity index (χ2n) is 4.01. The van der Waals surface area contributed by atoms with Crippen molar-refractivity contribution in [3.05, 3.63) is 0 Å². The Kier molecular flexibility index (Phi) is 1.65. The summed E-state index contributed by atoms with van der Waals surface area (Å²) in [5, 5.41) is 12.0. The molecule has 2 fully saturated rings. The molecule has 0 atom stereocenters. The Bertz CT molecular complexity index is 183. The Hall–Kier alpha value is -0.485. The average molecular weight is 148 g/mol. The van der Waals surface area contributed by atoms with Crippen LogP contribution in [-0.4, -0.2) is 19.8 Å². The van der Waals surface area contributed by atoms with E-state index in [2.05, 4.69) is 11.3 Å². The van der Waals surface area contributed by atoms with Crippen LogP contribution in [-0.2, 0) is 0 Å². The zero-order valence-corrected chi connectivity index (χ0v) is 6.77. The highest BCUT2D eigenvalue weighted by Gasteiger charge is 2.40. The molecular weight excluding hydrogens is 135 g/mol. The summed E-state index contributed by atoms with van der Waals surface area (Å²) in [6, 6.07) is 0. The van der Waals surface area contributed by atoms with Gasteiger partial charge in [0.1, 0.15) is 0 Å². The predicted molar refractivity (Wildman–Crippen MR) is 45.5 cm³/mol. The van der Waals surface area contributed by atoms with E-state index < -0.39 is 0 Å². The van der Waals surface area contributed by atoms with Crippen LogP contribution in [0.2, 0.25) is 12.6 Å². The summed E-state index contributed by atoms with van der Waals surface area (Å²) in [6.07, 6.45) is 4.83. The van der Waals surface area contributed by atoms with Crippen LogP contribution in [0.1, 0.15) is 12.8 Å². The number of nitrogens with zero attached hydrogens (tertiary/aromatic N) is 1. The zero-order valence-electron chi connectivity index (χ0n) is 6.77. The van der Waals surface area contributed by atoms with Gasteiger partial charge in [0.15, 0.2) is 0 Å². The second kappa shape index (κ2) is 2.53. The van der Waals surface area contributed by atoms with Crippen molar-refractivity contribution in [3.8, 4) is 5.97 Å². The van der Waals surface area contributed by atoms with Gasteiger partial charge in [-0.05, 0) is 5.41 Å². The normalized spacial score (nSPS) is 27.7. The van der Waals surface area contributed by atoms with E-state index in [0.717, 1.165) is 12.6 Å². The van der Waals surface area contributed by atoms with Gasteiger partial charge >= 0.3 is 0 Å². The molecule has 2 heterocycles. The first-order valence-corrected chi connectivity index (χ1v) is 4.45. The summed E-state index contributed by atoms with van der Waals surface area (Å²) < 4.78 is 0. The van der Waals surface area contributed by atoms with Gasteiger partial charge < -0.3 is 5.32 Å². The fraction of sp³-hybridized carbons (Fsp3) is 0.875. The maximum absolute atomic E-state index is 8.69. The molecule has 0 aromatic heterocycles. The molecule has 1 spiro atoms. The van der Waals surface area contributed by atoms with E-state index in [-0.39, 0.29) is 0 Å². The first kappa shape index (κ1) is 7.18. The van der Waals surface area contributed by atoms with E-state index >= 15 is 0 Å². The molecule has 0 bridgehead atoms. The van der Waals surface area contributed by atoms with Crippen molar-refractivity contribution in [1.82, 2.24) is 5.32 Å².